The molecule has 5 nitrogen and oxygen atoms in total. The van der Waals surface area contributed by atoms with Crippen LogP contribution in [0.5, 0.6) is 11.5 Å². The molecule has 0 spiro atoms. The molecule has 0 aromatic heterocycles. The molecule has 6 heteroatoms. The Balaban J connectivity index is 2.26. The van der Waals surface area contributed by atoms with Gasteiger partial charge in [-0.25, -0.2) is 0 Å². The number of rotatable bonds is 4. The van der Waals surface area contributed by atoms with E-state index in [4.69, 9.17) is 25.8 Å². The smallest absolute Gasteiger partial charge is 0.257 e. The van der Waals surface area contributed by atoms with E-state index < -0.39 is 0 Å². The number of methoxy groups -OCH3 is 2. The van der Waals surface area contributed by atoms with E-state index in [1.54, 1.807) is 37.3 Å². The van der Waals surface area contributed by atoms with Crippen LogP contribution >= 0.6 is 11.6 Å². The van der Waals surface area contributed by atoms with Gasteiger partial charge in [-0.15, -0.1) is 11.6 Å². The molecule has 1 heterocycles. The summed E-state index contributed by atoms with van der Waals surface area (Å²) in [5.41, 5.74) is 0.485. The Bertz CT molecular complexity index is 508. The molecule has 0 radical (unpaired) electrons. The molecule has 2 unspecified atom stereocenters. The summed E-state index contributed by atoms with van der Waals surface area (Å²) in [5.74, 6) is 1.41. The zero-order valence-corrected chi connectivity index (χ0v) is 13.2. The molecule has 0 aliphatic carbocycles. The Morgan fingerprint density at radius 2 is 2.14 bits per heavy atom. The largest absolute Gasteiger partial charge is 0.497 e. The van der Waals surface area contributed by atoms with Crippen LogP contribution in [0, 0.1) is 0 Å². The molecule has 1 saturated heterocycles. The molecule has 1 amide bonds. The third-order valence-electron chi connectivity index (χ3n) is 3.42. The highest BCUT2D eigenvalue weighted by molar-refractivity contribution is 6.18. The van der Waals surface area contributed by atoms with Gasteiger partial charge in [-0.05, 0) is 25.1 Å². The van der Waals surface area contributed by atoms with Crippen LogP contribution in [0.25, 0.3) is 0 Å². The molecular weight excluding hydrogens is 294 g/mol. The molecule has 21 heavy (non-hydrogen) atoms. The molecular formula is C15H20ClNO4. The molecule has 0 bridgehead atoms. The van der Waals surface area contributed by atoms with Crippen molar-refractivity contribution in [3.63, 3.8) is 0 Å². The minimum absolute atomic E-state index is 0.0388. The number of halogens is 1. The molecule has 1 aromatic carbocycles. The summed E-state index contributed by atoms with van der Waals surface area (Å²) < 4.78 is 16.1. The monoisotopic (exact) mass is 313 g/mol. The lowest BCUT2D eigenvalue weighted by atomic mass is 10.1. The lowest BCUT2D eigenvalue weighted by molar-refractivity contribution is -0.0571. The summed E-state index contributed by atoms with van der Waals surface area (Å²) in [6.45, 7) is 2.95. The predicted octanol–water partition coefficient (Wildman–Crippen LogP) is 2.17. The summed E-state index contributed by atoms with van der Waals surface area (Å²) in [7, 11) is 3.11. The van der Waals surface area contributed by atoms with Gasteiger partial charge in [0.2, 0.25) is 0 Å². The Hall–Kier alpha value is -1.46. The Kier molecular flexibility index (Phi) is 5.31. The van der Waals surface area contributed by atoms with Crippen LogP contribution in [0.4, 0.5) is 0 Å². The summed E-state index contributed by atoms with van der Waals surface area (Å²) in [5, 5.41) is 0. The van der Waals surface area contributed by atoms with Gasteiger partial charge in [-0.3, -0.25) is 4.79 Å². The van der Waals surface area contributed by atoms with Crippen molar-refractivity contribution in [2.45, 2.75) is 19.1 Å². The average molecular weight is 314 g/mol. The summed E-state index contributed by atoms with van der Waals surface area (Å²) in [6.07, 6.45) is -0.181. The number of alkyl halides is 1. The number of morpholine rings is 1. The van der Waals surface area contributed by atoms with E-state index in [9.17, 15) is 4.79 Å². The Morgan fingerprint density at radius 1 is 1.38 bits per heavy atom. The lowest BCUT2D eigenvalue weighted by Gasteiger charge is -2.36. The highest BCUT2D eigenvalue weighted by Crippen LogP contribution is 2.26. The van der Waals surface area contributed by atoms with Crippen molar-refractivity contribution in [2.24, 2.45) is 0 Å². The quantitative estimate of drug-likeness (QED) is 0.799. The normalized spacial score (nSPS) is 22.0. The van der Waals surface area contributed by atoms with Crippen LogP contribution in [0.15, 0.2) is 18.2 Å². The van der Waals surface area contributed by atoms with Crippen molar-refractivity contribution >= 4 is 17.5 Å². The van der Waals surface area contributed by atoms with Crippen LogP contribution in [0.1, 0.15) is 17.3 Å². The predicted molar refractivity (Wildman–Crippen MR) is 80.5 cm³/mol. The van der Waals surface area contributed by atoms with E-state index in [0.717, 1.165) is 0 Å². The first kappa shape index (κ1) is 15.9. The standard InChI is InChI=1S/C15H20ClNO4/c1-10-8-17(9-12(7-16)21-10)15(18)13-6-11(19-2)4-5-14(13)20-3/h4-6,10,12H,7-9H2,1-3H3. The van der Waals surface area contributed by atoms with E-state index in [-0.39, 0.29) is 18.1 Å². The van der Waals surface area contributed by atoms with Gasteiger partial charge in [-0.2, -0.15) is 0 Å². The SMILES string of the molecule is COc1ccc(OC)c(C(=O)N2CC(C)OC(CCl)C2)c1. The van der Waals surface area contributed by atoms with Crippen LogP contribution in [0.3, 0.4) is 0 Å². The minimum atomic E-state index is -0.143. The number of amides is 1. The topological polar surface area (TPSA) is 48.0 Å². The number of carbonyl (C=O) groups is 1. The van der Waals surface area contributed by atoms with E-state index in [2.05, 4.69) is 0 Å². The minimum Gasteiger partial charge on any atom is -0.497 e. The lowest BCUT2D eigenvalue weighted by Crippen LogP contribution is -2.49. The molecule has 2 rings (SSSR count). The van der Waals surface area contributed by atoms with Crippen LogP contribution < -0.4 is 9.47 Å². The first-order valence-electron chi connectivity index (χ1n) is 6.81. The molecule has 116 valence electrons. The maximum absolute atomic E-state index is 12.7. The number of nitrogens with zero attached hydrogens (tertiary/aromatic N) is 1. The van der Waals surface area contributed by atoms with Gasteiger partial charge in [0.1, 0.15) is 11.5 Å². The van der Waals surface area contributed by atoms with Crippen LogP contribution in [-0.2, 0) is 4.74 Å². The Morgan fingerprint density at radius 3 is 2.76 bits per heavy atom. The van der Waals surface area contributed by atoms with Gasteiger partial charge in [0.25, 0.3) is 5.91 Å². The number of hydrogen-bond acceptors (Lipinski definition) is 4. The van der Waals surface area contributed by atoms with Crippen molar-refractivity contribution in [3.05, 3.63) is 23.8 Å². The fourth-order valence-electron chi connectivity index (χ4n) is 2.45. The van der Waals surface area contributed by atoms with E-state index >= 15 is 0 Å². The van der Waals surface area contributed by atoms with Gasteiger partial charge < -0.3 is 19.1 Å². The molecule has 1 aliphatic heterocycles. The fraction of sp³-hybridized carbons (Fsp3) is 0.533. The number of carbonyl (C=O) groups excluding carboxylic acids is 1. The second-order valence-electron chi connectivity index (χ2n) is 5.00. The van der Waals surface area contributed by atoms with Crippen LogP contribution in [-0.4, -0.2) is 56.2 Å². The first-order chi connectivity index (χ1) is 10.1. The summed E-state index contributed by atoms with van der Waals surface area (Å²) in [6, 6.07) is 5.19. The number of hydrogen-bond donors (Lipinski definition) is 0. The van der Waals surface area contributed by atoms with Gasteiger partial charge >= 0.3 is 0 Å². The van der Waals surface area contributed by atoms with Crippen molar-refractivity contribution < 1.29 is 19.0 Å². The second kappa shape index (κ2) is 7.00. The molecule has 1 aromatic rings. The number of ether oxygens (including phenoxy) is 3. The fourth-order valence-corrected chi connectivity index (χ4v) is 2.62. The highest BCUT2D eigenvalue weighted by Gasteiger charge is 2.30. The third kappa shape index (κ3) is 3.60. The number of benzene rings is 1. The molecule has 0 saturated carbocycles. The van der Waals surface area contributed by atoms with Gasteiger partial charge in [0.05, 0.1) is 37.9 Å². The first-order valence-corrected chi connectivity index (χ1v) is 7.35. The van der Waals surface area contributed by atoms with Gasteiger partial charge in [0, 0.05) is 13.1 Å². The van der Waals surface area contributed by atoms with E-state index in [0.29, 0.717) is 36.0 Å². The van der Waals surface area contributed by atoms with Crippen molar-refractivity contribution in [3.8, 4) is 11.5 Å². The summed E-state index contributed by atoms with van der Waals surface area (Å²) in [4.78, 5) is 14.5. The molecule has 1 fully saturated rings. The van der Waals surface area contributed by atoms with Crippen molar-refractivity contribution in [2.75, 3.05) is 33.2 Å². The zero-order chi connectivity index (χ0) is 15.4. The van der Waals surface area contributed by atoms with Gasteiger partial charge in [-0.1, -0.05) is 0 Å². The van der Waals surface area contributed by atoms with Crippen molar-refractivity contribution in [1.29, 1.82) is 0 Å². The summed E-state index contributed by atoms with van der Waals surface area (Å²) >= 11 is 5.86. The third-order valence-corrected chi connectivity index (χ3v) is 3.77. The Labute approximate surface area is 129 Å². The van der Waals surface area contributed by atoms with E-state index in [1.165, 1.54) is 0 Å². The second-order valence-corrected chi connectivity index (χ2v) is 5.31. The van der Waals surface area contributed by atoms with Crippen LogP contribution in [0.2, 0.25) is 0 Å². The average Bonchev–Trinajstić information content (AvgIpc) is 2.52. The van der Waals surface area contributed by atoms with Gasteiger partial charge in [0.15, 0.2) is 0 Å². The zero-order valence-electron chi connectivity index (χ0n) is 12.5. The molecule has 2 atom stereocenters. The van der Waals surface area contributed by atoms with E-state index in [1.807, 2.05) is 6.92 Å². The van der Waals surface area contributed by atoms with Crippen molar-refractivity contribution in [1.82, 2.24) is 4.90 Å². The highest BCUT2D eigenvalue weighted by atomic mass is 35.5. The maximum Gasteiger partial charge on any atom is 0.257 e. The molecule has 1 aliphatic rings. The molecule has 0 N–H and O–H groups in total. The maximum atomic E-state index is 12.7.